The van der Waals surface area contributed by atoms with Gasteiger partial charge in [0.1, 0.15) is 11.5 Å². The maximum atomic E-state index is 13.1. The summed E-state index contributed by atoms with van der Waals surface area (Å²) >= 11 is 7.89. The van der Waals surface area contributed by atoms with E-state index in [0.29, 0.717) is 30.2 Å². The van der Waals surface area contributed by atoms with Gasteiger partial charge in [-0.05, 0) is 42.8 Å². The second kappa shape index (κ2) is 8.08. The van der Waals surface area contributed by atoms with Gasteiger partial charge in [-0.15, -0.1) is 0 Å². The molecule has 0 aliphatic carbocycles. The average Bonchev–Trinajstić information content (AvgIpc) is 3.20. The van der Waals surface area contributed by atoms with Gasteiger partial charge in [0.05, 0.1) is 30.0 Å². The number of ether oxygens (including phenoxy) is 2. The van der Waals surface area contributed by atoms with Crippen LogP contribution in [0, 0.1) is 6.92 Å². The standard InChI is InChI=1S/C21H22ClN3O3S/c1-13-16(22)5-7-18-19(13)23-21(29-18)25-10-8-24(9-11-25)20(26)15-12-14(27-2)4-6-17(15)28-3/h4-7,12H,8-11H2,1-3H3. The summed E-state index contributed by atoms with van der Waals surface area (Å²) in [6.45, 7) is 4.69. The number of halogens is 1. The molecule has 152 valence electrons. The third kappa shape index (κ3) is 3.72. The third-order valence-corrected chi connectivity index (χ3v) is 6.70. The van der Waals surface area contributed by atoms with Crippen molar-refractivity contribution < 1.29 is 14.3 Å². The van der Waals surface area contributed by atoms with Crippen molar-refractivity contribution in [3.05, 3.63) is 46.5 Å². The summed E-state index contributed by atoms with van der Waals surface area (Å²) in [5, 5.41) is 1.70. The Kier molecular flexibility index (Phi) is 5.52. The van der Waals surface area contributed by atoms with Crippen molar-refractivity contribution in [1.82, 2.24) is 9.88 Å². The molecule has 29 heavy (non-hydrogen) atoms. The van der Waals surface area contributed by atoms with Crippen LogP contribution in [0.2, 0.25) is 5.02 Å². The number of nitrogens with zero attached hydrogens (tertiary/aromatic N) is 3. The molecule has 1 fully saturated rings. The molecular formula is C21H22ClN3O3S. The molecular weight excluding hydrogens is 410 g/mol. The SMILES string of the molecule is COc1ccc(OC)c(C(=O)N2CCN(c3nc4c(C)c(Cl)ccc4s3)CC2)c1. The number of fused-ring (bicyclic) bond motifs is 1. The van der Waals surface area contributed by atoms with Crippen molar-refractivity contribution in [1.29, 1.82) is 0 Å². The number of carbonyl (C=O) groups excluding carboxylic acids is 1. The highest BCUT2D eigenvalue weighted by molar-refractivity contribution is 7.22. The van der Waals surface area contributed by atoms with Crippen LogP contribution < -0.4 is 14.4 Å². The zero-order valence-electron chi connectivity index (χ0n) is 16.6. The first-order valence-corrected chi connectivity index (χ1v) is 10.5. The van der Waals surface area contributed by atoms with Gasteiger partial charge >= 0.3 is 0 Å². The molecule has 0 radical (unpaired) electrons. The van der Waals surface area contributed by atoms with Gasteiger partial charge in [0.2, 0.25) is 0 Å². The largest absolute Gasteiger partial charge is 0.497 e. The lowest BCUT2D eigenvalue weighted by Crippen LogP contribution is -2.48. The Bertz CT molecular complexity index is 1060. The number of piperazine rings is 1. The lowest BCUT2D eigenvalue weighted by atomic mass is 10.1. The van der Waals surface area contributed by atoms with Gasteiger partial charge in [-0.1, -0.05) is 22.9 Å². The summed E-state index contributed by atoms with van der Waals surface area (Å²) in [4.78, 5) is 21.9. The molecule has 2 heterocycles. The summed E-state index contributed by atoms with van der Waals surface area (Å²) < 4.78 is 11.8. The van der Waals surface area contributed by atoms with E-state index in [-0.39, 0.29) is 5.91 Å². The number of aryl methyl sites for hydroxylation is 1. The molecule has 0 saturated carbocycles. The second-order valence-electron chi connectivity index (χ2n) is 6.86. The van der Waals surface area contributed by atoms with E-state index in [1.165, 1.54) is 0 Å². The Labute approximate surface area is 178 Å². The minimum Gasteiger partial charge on any atom is -0.497 e. The van der Waals surface area contributed by atoms with E-state index in [1.807, 2.05) is 24.0 Å². The third-order valence-electron chi connectivity index (χ3n) is 5.21. The normalized spacial score (nSPS) is 14.3. The quantitative estimate of drug-likeness (QED) is 0.618. The first-order chi connectivity index (χ1) is 14.0. The topological polar surface area (TPSA) is 54.9 Å². The molecule has 6 nitrogen and oxygen atoms in total. The molecule has 1 aromatic heterocycles. The number of carbonyl (C=O) groups is 1. The number of methoxy groups -OCH3 is 2. The van der Waals surface area contributed by atoms with E-state index in [9.17, 15) is 4.79 Å². The number of aromatic nitrogens is 1. The fraction of sp³-hybridized carbons (Fsp3) is 0.333. The molecule has 3 aromatic rings. The highest BCUT2D eigenvalue weighted by Gasteiger charge is 2.26. The summed E-state index contributed by atoms with van der Waals surface area (Å²) in [5.74, 6) is 1.14. The average molecular weight is 432 g/mol. The van der Waals surface area contributed by atoms with Gasteiger partial charge in [-0.2, -0.15) is 0 Å². The lowest BCUT2D eigenvalue weighted by molar-refractivity contribution is 0.0743. The maximum absolute atomic E-state index is 13.1. The van der Waals surface area contributed by atoms with Gasteiger partial charge in [0.15, 0.2) is 5.13 Å². The van der Waals surface area contributed by atoms with E-state index >= 15 is 0 Å². The van der Waals surface area contributed by atoms with E-state index in [4.69, 9.17) is 26.1 Å². The summed E-state index contributed by atoms with van der Waals surface area (Å²) in [6.07, 6.45) is 0. The van der Waals surface area contributed by atoms with Crippen LogP contribution in [-0.2, 0) is 0 Å². The molecule has 0 N–H and O–H groups in total. The number of hydrogen-bond donors (Lipinski definition) is 0. The van der Waals surface area contributed by atoms with Gasteiger partial charge in [-0.25, -0.2) is 4.98 Å². The van der Waals surface area contributed by atoms with Gasteiger partial charge in [-0.3, -0.25) is 4.79 Å². The molecule has 1 aliphatic rings. The Morgan fingerprint density at radius 1 is 1.10 bits per heavy atom. The van der Waals surface area contributed by atoms with Crippen molar-refractivity contribution in [2.24, 2.45) is 0 Å². The van der Waals surface area contributed by atoms with Crippen LogP contribution >= 0.6 is 22.9 Å². The molecule has 0 atom stereocenters. The summed E-state index contributed by atoms with van der Waals surface area (Å²) in [6, 6.07) is 9.21. The predicted octanol–water partition coefficient (Wildman–Crippen LogP) is 4.24. The van der Waals surface area contributed by atoms with Crippen LogP contribution in [0.4, 0.5) is 5.13 Å². The number of anilines is 1. The number of thiazole rings is 1. The number of benzene rings is 2. The molecule has 1 saturated heterocycles. The first kappa shape index (κ1) is 19.8. The van der Waals surface area contributed by atoms with E-state index < -0.39 is 0 Å². The molecule has 1 aliphatic heterocycles. The summed E-state index contributed by atoms with van der Waals surface area (Å²) in [5.41, 5.74) is 2.48. The van der Waals surface area contributed by atoms with Gasteiger partial charge in [0.25, 0.3) is 5.91 Å². The van der Waals surface area contributed by atoms with Crippen molar-refractivity contribution >= 4 is 44.2 Å². The molecule has 0 unspecified atom stereocenters. The zero-order chi connectivity index (χ0) is 20.5. The Hall–Kier alpha value is -2.51. The van der Waals surface area contributed by atoms with Crippen LogP contribution in [0.1, 0.15) is 15.9 Å². The Morgan fingerprint density at radius 3 is 2.55 bits per heavy atom. The van der Waals surface area contributed by atoms with Crippen molar-refractivity contribution in [3.8, 4) is 11.5 Å². The van der Waals surface area contributed by atoms with Crippen molar-refractivity contribution in [2.45, 2.75) is 6.92 Å². The second-order valence-corrected chi connectivity index (χ2v) is 8.28. The minimum absolute atomic E-state index is 0.0488. The smallest absolute Gasteiger partial charge is 0.257 e. The highest BCUT2D eigenvalue weighted by atomic mass is 35.5. The van der Waals surface area contributed by atoms with Crippen LogP contribution in [0.25, 0.3) is 10.2 Å². The van der Waals surface area contributed by atoms with Crippen LogP contribution in [0.15, 0.2) is 30.3 Å². The van der Waals surface area contributed by atoms with Crippen LogP contribution in [0.5, 0.6) is 11.5 Å². The lowest BCUT2D eigenvalue weighted by Gasteiger charge is -2.34. The molecule has 0 bridgehead atoms. The van der Waals surface area contributed by atoms with Crippen molar-refractivity contribution in [2.75, 3.05) is 45.3 Å². The summed E-state index contributed by atoms with van der Waals surface area (Å²) in [7, 11) is 3.15. The maximum Gasteiger partial charge on any atom is 0.257 e. The predicted molar refractivity (Wildman–Crippen MR) is 117 cm³/mol. The number of hydrogen-bond acceptors (Lipinski definition) is 6. The zero-order valence-corrected chi connectivity index (χ0v) is 18.1. The van der Waals surface area contributed by atoms with E-state index in [1.54, 1.807) is 43.8 Å². The minimum atomic E-state index is -0.0488. The molecule has 0 spiro atoms. The fourth-order valence-corrected chi connectivity index (χ4v) is 4.71. The monoisotopic (exact) mass is 431 g/mol. The van der Waals surface area contributed by atoms with Crippen LogP contribution in [-0.4, -0.2) is 56.2 Å². The first-order valence-electron chi connectivity index (χ1n) is 9.33. The fourth-order valence-electron chi connectivity index (χ4n) is 3.48. The highest BCUT2D eigenvalue weighted by Crippen LogP contribution is 2.34. The van der Waals surface area contributed by atoms with Crippen LogP contribution in [0.3, 0.4) is 0 Å². The Morgan fingerprint density at radius 2 is 1.86 bits per heavy atom. The van der Waals surface area contributed by atoms with Crippen molar-refractivity contribution in [3.63, 3.8) is 0 Å². The molecule has 8 heteroatoms. The van der Waals surface area contributed by atoms with Gasteiger partial charge < -0.3 is 19.3 Å². The number of amides is 1. The van der Waals surface area contributed by atoms with Gasteiger partial charge in [0, 0.05) is 31.2 Å². The molecule has 2 aromatic carbocycles. The Balaban J connectivity index is 1.50. The van der Waals surface area contributed by atoms with E-state index in [0.717, 1.165) is 39.0 Å². The van der Waals surface area contributed by atoms with E-state index in [2.05, 4.69) is 4.90 Å². The molecule has 1 amide bonds. The molecule has 4 rings (SSSR count). The number of rotatable bonds is 4.